The van der Waals surface area contributed by atoms with Crippen LogP contribution in [0.1, 0.15) is 21.6 Å². The van der Waals surface area contributed by atoms with Crippen LogP contribution < -0.4 is 0 Å². The summed E-state index contributed by atoms with van der Waals surface area (Å²) in [5, 5.41) is 0.577. The van der Waals surface area contributed by atoms with Gasteiger partial charge in [0, 0.05) is 28.0 Å². The molecule has 1 heterocycles. The van der Waals surface area contributed by atoms with Crippen LogP contribution in [-0.2, 0) is 0 Å². The van der Waals surface area contributed by atoms with Gasteiger partial charge in [0.15, 0.2) is 5.78 Å². The number of ketones is 1. The maximum atomic E-state index is 11.9. The number of aryl methyl sites for hydroxylation is 1. The lowest BCUT2D eigenvalue weighted by Crippen LogP contribution is -1.98. The minimum absolute atomic E-state index is 0.0122. The van der Waals surface area contributed by atoms with Gasteiger partial charge in [0.2, 0.25) is 0 Å². The van der Waals surface area contributed by atoms with E-state index in [1.165, 1.54) is 0 Å². The van der Waals surface area contributed by atoms with Crippen LogP contribution in [0.2, 0.25) is 5.02 Å². The van der Waals surface area contributed by atoms with Crippen molar-refractivity contribution in [1.82, 2.24) is 4.98 Å². The number of rotatable bonds is 2. The highest BCUT2D eigenvalue weighted by atomic mass is 35.5. The molecule has 1 N–H and O–H groups in total. The fourth-order valence-electron chi connectivity index (χ4n) is 1.44. The summed E-state index contributed by atoms with van der Waals surface area (Å²) in [6.45, 7) is 1.91. The first kappa shape index (κ1) is 9.99. The van der Waals surface area contributed by atoms with Crippen molar-refractivity contribution in [2.45, 2.75) is 6.92 Å². The van der Waals surface area contributed by atoms with E-state index in [2.05, 4.69) is 4.98 Å². The molecule has 76 valence electrons. The highest BCUT2D eigenvalue weighted by molar-refractivity contribution is 6.31. The number of carbonyl (C=O) groups excluding carboxylic acids is 1. The lowest BCUT2D eigenvalue weighted by molar-refractivity contribution is 0.103. The van der Waals surface area contributed by atoms with Crippen LogP contribution in [-0.4, -0.2) is 10.8 Å². The molecule has 1 aromatic heterocycles. The van der Waals surface area contributed by atoms with Crippen LogP contribution in [0.25, 0.3) is 0 Å². The number of nitrogens with one attached hydrogen (secondary N) is 1. The van der Waals surface area contributed by atoms with Crippen LogP contribution >= 0.6 is 11.6 Å². The molecular weight excluding hydrogens is 210 g/mol. The summed E-state index contributed by atoms with van der Waals surface area (Å²) in [7, 11) is 0. The van der Waals surface area contributed by atoms with E-state index in [-0.39, 0.29) is 5.78 Å². The minimum atomic E-state index is -0.0122. The summed E-state index contributed by atoms with van der Waals surface area (Å²) in [6.07, 6.45) is 1.71. The van der Waals surface area contributed by atoms with Gasteiger partial charge in [0.1, 0.15) is 0 Å². The second-order valence-corrected chi connectivity index (χ2v) is 3.85. The summed E-state index contributed by atoms with van der Waals surface area (Å²) < 4.78 is 0. The zero-order valence-electron chi connectivity index (χ0n) is 8.25. The minimum Gasteiger partial charge on any atom is -0.364 e. The Morgan fingerprint density at radius 1 is 1.27 bits per heavy atom. The summed E-state index contributed by atoms with van der Waals surface area (Å²) >= 11 is 5.82. The molecule has 0 fully saturated rings. The first-order valence-electron chi connectivity index (χ1n) is 4.62. The molecule has 2 nitrogen and oxygen atoms in total. The van der Waals surface area contributed by atoms with E-state index in [0.717, 1.165) is 5.69 Å². The standard InChI is InChI=1S/C12H10ClNO/c1-8-5-10(7-14-8)12(15)9-3-2-4-11(13)6-9/h2-7,14H,1H3. The van der Waals surface area contributed by atoms with Gasteiger partial charge in [-0.1, -0.05) is 23.7 Å². The van der Waals surface area contributed by atoms with Gasteiger partial charge in [-0.05, 0) is 25.1 Å². The molecule has 2 rings (SSSR count). The fraction of sp³-hybridized carbons (Fsp3) is 0.0833. The molecule has 0 aliphatic heterocycles. The Bertz CT molecular complexity index is 502. The number of halogens is 1. The summed E-state index contributed by atoms with van der Waals surface area (Å²) in [4.78, 5) is 14.9. The van der Waals surface area contributed by atoms with Gasteiger partial charge in [-0.15, -0.1) is 0 Å². The van der Waals surface area contributed by atoms with Crippen LogP contribution in [0.4, 0.5) is 0 Å². The smallest absolute Gasteiger partial charge is 0.194 e. The van der Waals surface area contributed by atoms with E-state index in [4.69, 9.17) is 11.6 Å². The molecule has 0 aliphatic carbocycles. The van der Waals surface area contributed by atoms with E-state index < -0.39 is 0 Å². The van der Waals surface area contributed by atoms with Crippen molar-refractivity contribution in [3.05, 3.63) is 58.4 Å². The molecular formula is C12H10ClNO. The zero-order chi connectivity index (χ0) is 10.8. The second kappa shape index (κ2) is 3.91. The lowest BCUT2D eigenvalue weighted by atomic mass is 10.1. The molecule has 15 heavy (non-hydrogen) atoms. The largest absolute Gasteiger partial charge is 0.364 e. The SMILES string of the molecule is Cc1cc(C(=O)c2cccc(Cl)c2)c[nH]1. The molecule has 0 saturated carbocycles. The monoisotopic (exact) mass is 219 g/mol. The van der Waals surface area contributed by atoms with Crippen molar-refractivity contribution in [2.75, 3.05) is 0 Å². The Morgan fingerprint density at radius 2 is 2.07 bits per heavy atom. The summed E-state index contributed by atoms with van der Waals surface area (Å²) in [5.41, 5.74) is 2.25. The topological polar surface area (TPSA) is 32.9 Å². The Labute approximate surface area is 92.9 Å². The van der Waals surface area contributed by atoms with Crippen molar-refractivity contribution in [3.8, 4) is 0 Å². The van der Waals surface area contributed by atoms with Gasteiger partial charge in [-0.2, -0.15) is 0 Å². The Kier molecular flexibility index (Phi) is 2.60. The quantitative estimate of drug-likeness (QED) is 0.773. The number of hydrogen-bond acceptors (Lipinski definition) is 1. The second-order valence-electron chi connectivity index (χ2n) is 3.41. The number of benzene rings is 1. The third kappa shape index (κ3) is 2.10. The number of aromatic nitrogens is 1. The van der Waals surface area contributed by atoms with Crippen molar-refractivity contribution >= 4 is 17.4 Å². The normalized spacial score (nSPS) is 10.3. The zero-order valence-corrected chi connectivity index (χ0v) is 9.01. The summed E-state index contributed by atoms with van der Waals surface area (Å²) in [6, 6.07) is 8.78. The molecule has 0 aliphatic rings. The molecule has 0 atom stereocenters. The van der Waals surface area contributed by atoms with Gasteiger partial charge in [0.05, 0.1) is 0 Å². The van der Waals surface area contributed by atoms with Crippen LogP contribution in [0.15, 0.2) is 36.5 Å². The molecule has 0 bridgehead atoms. The number of hydrogen-bond donors (Lipinski definition) is 1. The van der Waals surface area contributed by atoms with Crippen molar-refractivity contribution in [2.24, 2.45) is 0 Å². The van der Waals surface area contributed by atoms with Crippen LogP contribution in [0.3, 0.4) is 0 Å². The van der Waals surface area contributed by atoms with Crippen LogP contribution in [0, 0.1) is 6.92 Å². The fourth-order valence-corrected chi connectivity index (χ4v) is 1.63. The van der Waals surface area contributed by atoms with Gasteiger partial charge < -0.3 is 4.98 Å². The van der Waals surface area contributed by atoms with E-state index in [1.807, 2.05) is 13.0 Å². The molecule has 1 aromatic carbocycles. The van der Waals surface area contributed by atoms with Gasteiger partial charge in [0.25, 0.3) is 0 Å². The predicted octanol–water partition coefficient (Wildman–Crippen LogP) is 3.21. The molecule has 0 saturated heterocycles. The van der Waals surface area contributed by atoms with E-state index in [1.54, 1.807) is 30.5 Å². The predicted molar refractivity (Wildman–Crippen MR) is 60.4 cm³/mol. The summed E-state index contributed by atoms with van der Waals surface area (Å²) in [5.74, 6) is -0.0122. The first-order valence-corrected chi connectivity index (χ1v) is 5.00. The van der Waals surface area contributed by atoms with E-state index in [0.29, 0.717) is 16.1 Å². The van der Waals surface area contributed by atoms with Crippen LogP contribution in [0.5, 0.6) is 0 Å². The Balaban J connectivity index is 2.36. The third-order valence-corrected chi connectivity index (χ3v) is 2.41. The molecule has 0 radical (unpaired) electrons. The van der Waals surface area contributed by atoms with E-state index >= 15 is 0 Å². The van der Waals surface area contributed by atoms with Gasteiger partial charge in [-0.25, -0.2) is 0 Å². The molecule has 0 unspecified atom stereocenters. The Morgan fingerprint density at radius 3 is 2.67 bits per heavy atom. The molecule has 0 amide bonds. The maximum Gasteiger partial charge on any atom is 0.194 e. The van der Waals surface area contributed by atoms with Crippen molar-refractivity contribution < 1.29 is 4.79 Å². The molecule has 0 spiro atoms. The maximum absolute atomic E-state index is 11.9. The average molecular weight is 220 g/mol. The van der Waals surface area contributed by atoms with E-state index in [9.17, 15) is 4.79 Å². The Hall–Kier alpha value is -1.54. The first-order chi connectivity index (χ1) is 7.16. The lowest BCUT2D eigenvalue weighted by Gasteiger charge is -1.98. The average Bonchev–Trinajstić information content (AvgIpc) is 2.64. The highest BCUT2D eigenvalue weighted by Crippen LogP contribution is 2.15. The molecule has 3 heteroatoms. The van der Waals surface area contributed by atoms with Crippen molar-refractivity contribution in [3.63, 3.8) is 0 Å². The highest BCUT2D eigenvalue weighted by Gasteiger charge is 2.10. The number of carbonyl (C=O) groups is 1. The number of H-pyrrole nitrogens is 1. The molecule has 2 aromatic rings. The number of aromatic amines is 1. The van der Waals surface area contributed by atoms with Gasteiger partial charge in [-0.3, -0.25) is 4.79 Å². The van der Waals surface area contributed by atoms with Gasteiger partial charge >= 0.3 is 0 Å². The third-order valence-electron chi connectivity index (χ3n) is 2.18. The van der Waals surface area contributed by atoms with Crippen molar-refractivity contribution in [1.29, 1.82) is 0 Å².